The molecular weight excluding hydrogens is 312 g/mol. The van der Waals surface area contributed by atoms with E-state index in [4.69, 9.17) is 4.99 Å². The highest BCUT2D eigenvalue weighted by atomic mass is 32.2. The van der Waals surface area contributed by atoms with E-state index in [9.17, 15) is 0 Å². The molecule has 0 spiro atoms. The van der Waals surface area contributed by atoms with Gasteiger partial charge in [-0.3, -0.25) is 4.99 Å². The molecule has 0 saturated carbocycles. The first-order chi connectivity index (χ1) is 11.4. The highest BCUT2D eigenvalue weighted by Crippen LogP contribution is 2.43. The molecule has 0 saturated heterocycles. The molecular formula is C21H24N2S. The van der Waals surface area contributed by atoms with Gasteiger partial charge in [0.1, 0.15) is 0 Å². The molecule has 2 aromatic rings. The van der Waals surface area contributed by atoms with Crippen LogP contribution < -0.4 is 4.90 Å². The van der Waals surface area contributed by atoms with Crippen molar-refractivity contribution in [2.45, 2.75) is 29.9 Å². The second-order valence-corrected chi connectivity index (χ2v) is 8.68. The van der Waals surface area contributed by atoms with Crippen LogP contribution in [0.1, 0.15) is 25.8 Å². The van der Waals surface area contributed by atoms with Crippen LogP contribution in [0.2, 0.25) is 0 Å². The summed E-state index contributed by atoms with van der Waals surface area (Å²) in [6.07, 6.45) is 5.28. The third-order valence-corrected chi connectivity index (χ3v) is 5.26. The van der Waals surface area contributed by atoms with Crippen molar-refractivity contribution in [3.05, 3.63) is 60.2 Å². The van der Waals surface area contributed by atoms with E-state index >= 15 is 0 Å². The van der Waals surface area contributed by atoms with Gasteiger partial charge in [-0.05, 0) is 49.8 Å². The fourth-order valence-corrected chi connectivity index (χ4v) is 3.95. The van der Waals surface area contributed by atoms with Gasteiger partial charge in [-0.2, -0.15) is 0 Å². The van der Waals surface area contributed by atoms with Crippen LogP contribution >= 0.6 is 11.8 Å². The van der Waals surface area contributed by atoms with Crippen LogP contribution in [0.5, 0.6) is 0 Å². The van der Waals surface area contributed by atoms with Gasteiger partial charge in [0.25, 0.3) is 0 Å². The van der Waals surface area contributed by atoms with Crippen LogP contribution in [-0.2, 0) is 0 Å². The molecule has 0 radical (unpaired) electrons. The van der Waals surface area contributed by atoms with Gasteiger partial charge in [-0.15, -0.1) is 11.8 Å². The Morgan fingerprint density at radius 2 is 1.71 bits per heavy atom. The quantitative estimate of drug-likeness (QED) is 0.702. The molecule has 1 aliphatic heterocycles. The van der Waals surface area contributed by atoms with Gasteiger partial charge in [0, 0.05) is 41.6 Å². The summed E-state index contributed by atoms with van der Waals surface area (Å²) in [6.45, 7) is 4.57. The van der Waals surface area contributed by atoms with Gasteiger partial charge in [-0.25, -0.2) is 0 Å². The van der Waals surface area contributed by atoms with Gasteiger partial charge >= 0.3 is 0 Å². The molecule has 0 aliphatic carbocycles. The summed E-state index contributed by atoms with van der Waals surface area (Å²) in [7, 11) is 4.12. The minimum atomic E-state index is 0.143. The molecule has 2 aromatic carbocycles. The Bertz CT molecular complexity index is 771. The van der Waals surface area contributed by atoms with Crippen molar-refractivity contribution < 1.29 is 0 Å². The van der Waals surface area contributed by atoms with Crippen molar-refractivity contribution in [2.75, 3.05) is 19.0 Å². The normalized spacial score (nSPS) is 16.4. The maximum absolute atomic E-state index is 4.90. The van der Waals surface area contributed by atoms with Gasteiger partial charge < -0.3 is 4.90 Å². The summed E-state index contributed by atoms with van der Waals surface area (Å²) in [6, 6.07) is 17.0. The maximum atomic E-state index is 4.90. The number of aliphatic imine (C=N–C) groups is 1. The molecule has 3 heteroatoms. The summed E-state index contributed by atoms with van der Waals surface area (Å²) in [5, 5.41) is 0. The van der Waals surface area contributed by atoms with E-state index in [-0.39, 0.29) is 4.75 Å². The number of rotatable bonds is 3. The van der Waals surface area contributed by atoms with E-state index in [1.807, 2.05) is 11.8 Å². The molecule has 24 heavy (non-hydrogen) atoms. The molecule has 0 amide bonds. The number of nitrogens with zero attached hydrogens (tertiary/aromatic N) is 2. The summed E-state index contributed by atoms with van der Waals surface area (Å²) < 4.78 is 0.143. The standard InChI is InChI=1S/C21H24N2S/c1-21(2)15-17(22-19-7-5-6-8-20(19)24-21)12-9-16-10-13-18(14-11-16)23(3)4/h5-14H,15H2,1-4H3. The molecule has 1 heterocycles. The zero-order valence-corrected chi connectivity index (χ0v) is 15.6. The Morgan fingerprint density at radius 1 is 1.00 bits per heavy atom. The lowest BCUT2D eigenvalue weighted by atomic mass is 10.0. The minimum absolute atomic E-state index is 0.143. The number of thioether (sulfide) groups is 1. The second kappa shape index (κ2) is 6.86. The van der Waals surface area contributed by atoms with Crippen LogP contribution in [0.3, 0.4) is 0 Å². The van der Waals surface area contributed by atoms with E-state index in [2.05, 4.69) is 93.5 Å². The van der Waals surface area contributed by atoms with E-state index in [0.29, 0.717) is 0 Å². The zero-order chi connectivity index (χ0) is 17.2. The average molecular weight is 337 g/mol. The number of benzene rings is 2. The Hall–Kier alpha value is -2.00. The number of anilines is 1. The average Bonchev–Trinajstić information content (AvgIpc) is 2.67. The van der Waals surface area contributed by atoms with Crippen molar-refractivity contribution in [2.24, 2.45) is 4.99 Å². The van der Waals surface area contributed by atoms with Crippen molar-refractivity contribution in [3.63, 3.8) is 0 Å². The van der Waals surface area contributed by atoms with Crippen molar-refractivity contribution >= 4 is 34.9 Å². The first kappa shape index (κ1) is 16.8. The first-order valence-corrected chi connectivity index (χ1v) is 9.06. The van der Waals surface area contributed by atoms with E-state index < -0.39 is 0 Å². The molecule has 0 aromatic heterocycles. The van der Waals surface area contributed by atoms with Crippen LogP contribution in [0.4, 0.5) is 11.4 Å². The van der Waals surface area contributed by atoms with Crippen LogP contribution in [0.15, 0.2) is 64.5 Å². The fourth-order valence-electron chi connectivity index (χ4n) is 2.77. The molecule has 124 valence electrons. The third kappa shape index (κ3) is 4.09. The van der Waals surface area contributed by atoms with Gasteiger partial charge in [0.15, 0.2) is 0 Å². The highest BCUT2D eigenvalue weighted by molar-refractivity contribution is 8.00. The maximum Gasteiger partial charge on any atom is 0.0768 e. The number of allylic oxidation sites excluding steroid dienone is 1. The van der Waals surface area contributed by atoms with E-state index in [1.54, 1.807) is 0 Å². The summed E-state index contributed by atoms with van der Waals surface area (Å²) >= 11 is 1.91. The number of fused-ring (bicyclic) bond motifs is 1. The molecule has 0 bridgehead atoms. The van der Waals surface area contributed by atoms with Gasteiger partial charge in [0.05, 0.1) is 5.69 Å². The lowest BCUT2D eigenvalue weighted by Gasteiger charge is -2.21. The highest BCUT2D eigenvalue weighted by Gasteiger charge is 2.25. The van der Waals surface area contributed by atoms with Crippen molar-refractivity contribution in [1.29, 1.82) is 0 Å². The predicted molar refractivity (Wildman–Crippen MR) is 108 cm³/mol. The smallest absolute Gasteiger partial charge is 0.0768 e. The molecule has 0 N–H and O–H groups in total. The largest absolute Gasteiger partial charge is 0.378 e. The van der Waals surface area contributed by atoms with E-state index in [1.165, 1.54) is 16.1 Å². The van der Waals surface area contributed by atoms with Gasteiger partial charge in [-0.1, -0.05) is 30.3 Å². The minimum Gasteiger partial charge on any atom is -0.378 e. The number of hydrogen-bond donors (Lipinski definition) is 0. The summed E-state index contributed by atoms with van der Waals surface area (Å²) in [4.78, 5) is 8.27. The van der Waals surface area contributed by atoms with Crippen LogP contribution in [-0.4, -0.2) is 24.6 Å². The Morgan fingerprint density at radius 3 is 2.42 bits per heavy atom. The Labute approximate surface area is 149 Å². The Balaban J connectivity index is 1.86. The molecule has 3 rings (SSSR count). The third-order valence-electron chi connectivity index (χ3n) is 4.00. The molecule has 0 unspecified atom stereocenters. The van der Waals surface area contributed by atoms with Crippen molar-refractivity contribution in [3.8, 4) is 0 Å². The molecule has 1 aliphatic rings. The van der Waals surface area contributed by atoms with Gasteiger partial charge in [0.2, 0.25) is 0 Å². The van der Waals surface area contributed by atoms with Crippen LogP contribution in [0.25, 0.3) is 6.08 Å². The monoisotopic (exact) mass is 336 g/mol. The predicted octanol–water partition coefficient (Wildman–Crippen LogP) is 5.81. The number of hydrogen-bond acceptors (Lipinski definition) is 3. The lowest BCUT2D eigenvalue weighted by Crippen LogP contribution is -2.17. The first-order valence-electron chi connectivity index (χ1n) is 8.24. The Kier molecular flexibility index (Phi) is 4.81. The summed E-state index contributed by atoms with van der Waals surface area (Å²) in [5.41, 5.74) is 4.63. The lowest BCUT2D eigenvalue weighted by molar-refractivity contribution is 0.752. The zero-order valence-electron chi connectivity index (χ0n) is 14.8. The summed E-state index contributed by atoms with van der Waals surface area (Å²) in [5.74, 6) is 0. The van der Waals surface area contributed by atoms with Crippen LogP contribution in [0, 0.1) is 0 Å². The molecule has 0 fully saturated rings. The fraction of sp³-hybridized carbons (Fsp3) is 0.286. The molecule has 0 atom stereocenters. The van der Waals surface area contributed by atoms with E-state index in [0.717, 1.165) is 17.8 Å². The SMILES string of the molecule is CN(C)c1ccc(C=CC2=Nc3ccccc3SC(C)(C)C2)cc1. The topological polar surface area (TPSA) is 15.6 Å². The van der Waals surface area contributed by atoms with Crippen molar-refractivity contribution in [1.82, 2.24) is 0 Å². The number of para-hydroxylation sites is 1. The molecule has 2 nitrogen and oxygen atoms in total. The second-order valence-electron chi connectivity index (χ2n) is 6.93.